The Hall–Kier alpha value is -2.67. The number of carbonyl (C=O) groups is 1. The first kappa shape index (κ1) is 18.1. The molecule has 3 rings (SSSR count). The van der Waals surface area contributed by atoms with Crippen molar-refractivity contribution in [2.45, 2.75) is 20.0 Å². The highest BCUT2D eigenvalue weighted by atomic mass is 19.1. The lowest BCUT2D eigenvalue weighted by Gasteiger charge is -2.20. The highest BCUT2D eigenvalue weighted by Crippen LogP contribution is 2.32. The molecule has 7 heteroatoms. The van der Waals surface area contributed by atoms with Crippen molar-refractivity contribution < 1.29 is 23.0 Å². The molecule has 5 nitrogen and oxygen atoms in total. The van der Waals surface area contributed by atoms with Crippen LogP contribution >= 0.6 is 0 Å². The van der Waals surface area contributed by atoms with Crippen LogP contribution in [0, 0.1) is 11.6 Å². The Balaban J connectivity index is 1.53. The number of benzene rings is 2. The molecule has 2 aromatic rings. The zero-order chi connectivity index (χ0) is 18.5. The molecule has 0 radical (unpaired) electrons. The van der Waals surface area contributed by atoms with Gasteiger partial charge in [-0.15, -0.1) is 0 Å². The molecule has 1 N–H and O–H groups in total. The first-order valence-corrected chi connectivity index (χ1v) is 8.36. The largest absolute Gasteiger partial charge is 0.454 e. The standard InChI is InChI=1S/C19H20F2N2O3/c1-2-23(10-13-3-4-17-18(7-13)26-12-25-17)11-19(24)22-9-14-5-15(20)8-16(21)6-14/h3-8H,2,9-12H2,1H3,(H,22,24). The third-order valence-corrected chi connectivity index (χ3v) is 4.07. The van der Waals surface area contributed by atoms with E-state index in [1.54, 1.807) is 0 Å². The number of rotatable bonds is 7. The lowest BCUT2D eigenvalue weighted by molar-refractivity contribution is -0.122. The van der Waals surface area contributed by atoms with Crippen molar-refractivity contribution in [3.8, 4) is 11.5 Å². The van der Waals surface area contributed by atoms with Crippen LogP contribution < -0.4 is 14.8 Å². The van der Waals surface area contributed by atoms with Crippen LogP contribution in [0.15, 0.2) is 36.4 Å². The van der Waals surface area contributed by atoms with Gasteiger partial charge in [0.15, 0.2) is 11.5 Å². The Labute approximate surface area is 150 Å². The summed E-state index contributed by atoms with van der Waals surface area (Å²) < 4.78 is 37.0. The molecule has 0 unspecified atom stereocenters. The van der Waals surface area contributed by atoms with E-state index in [-0.39, 0.29) is 25.8 Å². The number of amides is 1. The van der Waals surface area contributed by atoms with Gasteiger partial charge in [0.05, 0.1) is 6.54 Å². The molecule has 1 heterocycles. The van der Waals surface area contributed by atoms with E-state index in [1.165, 1.54) is 12.1 Å². The summed E-state index contributed by atoms with van der Waals surface area (Å²) in [6, 6.07) is 8.89. The van der Waals surface area contributed by atoms with E-state index in [9.17, 15) is 13.6 Å². The smallest absolute Gasteiger partial charge is 0.234 e. The van der Waals surface area contributed by atoms with Gasteiger partial charge in [-0.2, -0.15) is 0 Å². The van der Waals surface area contributed by atoms with Gasteiger partial charge in [0, 0.05) is 19.2 Å². The SMILES string of the molecule is CCN(CC(=O)NCc1cc(F)cc(F)c1)Cc1ccc2c(c1)OCO2. The predicted molar refractivity (Wildman–Crippen MR) is 91.7 cm³/mol. The first-order valence-electron chi connectivity index (χ1n) is 8.36. The zero-order valence-corrected chi connectivity index (χ0v) is 14.4. The van der Waals surface area contributed by atoms with Crippen LogP contribution in [0.2, 0.25) is 0 Å². The second-order valence-electron chi connectivity index (χ2n) is 6.05. The quantitative estimate of drug-likeness (QED) is 0.823. The van der Waals surface area contributed by atoms with Crippen molar-refractivity contribution in [3.05, 3.63) is 59.2 Å². The number of ether oxygens (including phenoxy) is 2. The van der Waals surface area contributed by atoms with Crippen LogP contribution in [0.4, 0.5) is 8.78 Å². The van der Waals surface area contributed by atoms with E-state index in [4.69, 9.17) is 9.47 Å². The fourth-order valence-electron chi connectivity index (χ4n) is 2.75. The van der Waals surface area contributed by atoms with Gasteiger partial charge in [-0.3, -0.25) is 9.69 Å². The summed E-state index contributed by atoms with van der Waals surface area (Å²) in [4.78, 5) is 14.1. The van der Waals surface area contributed by atoms with E-state index in [1.807, 2.05) is 30.0 Å². The Morgan fingerprint density at radius 3 is 2.54 bits per heavy atom. The monoisotopic (exact) mass is 362 g/mol. The lowest BCUT2D eigenvalue weighted by Crippen LogP contribution is -2.36. The minimum absolute atomic E-state index is 0.0785. The highest BCUT2D eigenvalue weighted by Gasteiger charge is 2.15. The molecule has 1 amide bonds. The maximum absolute atomic E-state index is 13.2. The van der Waals surface area contributed by atoms with E-state index >= 15 is 0 Å². The number of halogens is 2. The number of nitrogens with one attached hydrogen (secondary N) is 1. The summed E-state index contributed by atoms with van der Waals surface area (Å²) >= 11 is 0. The van der Waals surface area contributed by atoms with Crippen LogP contribution in [-0.4, -0.2) is 30.7 Å². The summed E-state index contributed by atoms with van der Waals surface area (Å²) in [5.41, 5.74) is 1.39. The maximum atomic E-state index is 13.2. The van der Waals surface area contributed by atoms with Crippen LogP contribution in [0.5, 0.6) is 11.5 Å². The Bertz CT molecular complexity index is 778. The highest BCUT2D eigenvalue weighted by molar-refractivity contribution is 5.78. The summed E-state index contributed by atoms with van der Waals surface area (Å²) in [6.45, 7) is 3.70. The molecule has 138 valence electrons. The summed E-state index contributed by atoms with van der Waals surface area (Å²) in [5.74, 6) is -0.107. The average Bonchev–Trinajstić information content (AvgIpc) is 3.06. The van der Waals surface area contributed by atoms with Crippen molar-refractivity contribution in [1.82, 2.24) is 10.2 Å². The fourth-order valence-corrected chi connectivity index (χ4v) is 2.75. The third kappa shape index (κ3) is 4.70. The predicted octanol–water partition coefficient (Wildman–Crippen LogP) is 2.83. The molecule has 0 atom stereocenters. The minimum Gasteiger partial charge on any atom is -0.454 e. The van der Waals surface area contributed by atoms with Gasteiger partial charge >= 0.3 is 0 Å². The van der Waals surface area contributed by atoms with Crippen molar-refractivity contribution in [1.29, 1.82) is 0 Å². The molecule has 1 aliphatic heterocycles. The molecule has 0 spiro atoms. The molecule has 0 aliphatic carbocycles. The number of carbonyl (C=O) groups excluding carboxylic acids is 1. The van der Waals surface area contributed by atoms with E-state index in [0.717, 1.165) is 17.4 Å². The number of fused-ring (bicyclic) bond motifs is 1. The Morgan fingerprint density at radius 1 is 1.08 bits per heavy atom. The molecule has 0 fully saturated rings. The molecular formula is C19H20F2N2O3. The van der Waals surface area contributed by atoms with Crippen molar-refractivity contribution >= 4 is 5.91 Å². The molecular weight excluding hydrogens is 342 g/mol. The molecule has 0 saturated carbocycles. The van der Waals surface area contributed by atoms with Gasteiger partial charge in [-0.25, -0.2) is 8.78 Å². The minimum atomic E-state index is -0.660. The molecule has 0 bridgehead atoms. The normalized spacial score (nSPS) is 12.5. The van der Waals surface area contributed by atoms with Gasteiger partial charge in [0.2, 0.25) is 12.7 Å². The topological polar surface area (TPSA) is 50.8 Å². The first-order chi connectivity index (χ1) is 12.5. The molecule has 2 aromatic carbocycles. The summed E-state index contributed by atoms with van der Waals surface area (Å²) in [7, 11) is 0. The van der Waals surface area contributed by atoms with Gasteiger partial charge in [0.25, 0.3) is 0 Å². The van der Waals surface area contributed by atoms with Crippen LogP contribution in [-0.2, 0) is 17.9 Å². The summed E-state index contributed by atoms with van der Waals surface area (Å²) in [5, 5.41) is 2.69. The van der Waals surface area contributed by atoms with Gasteiger partial charge in [0.1, 0.15) is 11.6 Å². The molecule has 0 aromatic heterocycles. The number of hydrogen-bond acceptors (Lipinski definition) is 4. The third-order valence-electron chi connectivity index (χ3n) is 4.07. The second-order valence-corrected chi connectivity index (χ2v) is 6.05. The van der Waals surface area contributed by atoms with Crippen molar-refractivity contribution in [2.24, 2.45) is 0 Å². The van der Waals surface area contributed by atoms with Crippen LogP contribution in [0.25, 0.3) is 0 Å². The van der Waals surface area contributed by atoms with Crippen LogP contribution in [0.3, 0.4) is 0 Å². The number of hydrogen-bond donors (Lipinski definition) is 1. The van der Waals surface area contributed by atoms with E-state index in [0.29, 0.717) is 24.4 Å². The molecule has 1 aliphatic rings. The molecule has 0 saturated heterocycles. The second kappa shape index (κ2) is 8.14. The zero-order valence-electron chi connectivity index (χ0n) is 14.4. The number of likely N-dealkylation sites (N-methyl/N-ethyl adjacent to an activating group) is 1. The fraction of sp³-hybridized carbons (Fsp3) is 0.316. The average molecular weight is 362 g/mol. The van der Waals surface area contributed by atoms with E-state index < -0.39 is 11.6 Å². The summed E-state index contributed by atoms with van der Waals surface area (Å²) in [6.07, 6.45) is 0. The Morgan fingerprint density at radius 2 is 1.81 bits per heavy atom. The Kier molecular flexibility index (Phi) is 5.68. The van der Waals surface area contributed by atoms with Gasteiger partial charge in [-0.1, -0.05) is 13.0 Å². The van der Waals surface area contributed by atoms with Gasteiger partial charge < -0.3 is 14.8 Å². The maximum Gasteiger partial charge on any atom is 0.234 e. The van der Waals surface area contributed by atoms with Crippen molar-refractivity contribution in [3.63, 3.8) is 0 Å². The number of nitrogens with zero attached hydrogens (tertiary/aromatic N) is 1. The van der Waals surface area contributed by atoms with Crippen molar-refractivity contribution in [2.75, 3.05) is 19.9 Å². The van der Waals surface area contributed by atoms with Crippen LogP contribution in [0.1, 0.15) is 18.1 Å². The lowest BCUT2D eigenvalue weighted by atomic mass is 10.2. The van der Waals surface area contributed by atoms with E-state index in [2.05, 4.69) is 5.32 Å². The van der Waals surface area contributed by atoms with Gasteiger partial charge in [-0.05, 0) is 41.9 Å². The molecule has 26 heavy (non-hydrogen) atoms.